The zero-order chi connectivity index (χ0) is 13.8. The molecule has 0 atom stereocenters. The fourth-order valence-corrected chi connectivity index (χ4v) is 2.07. The van der Waals surface area contributed by atoms with Crippen LogP contribution in [0.15, 0.2) is 24.3 Å². The minimum atomic E-state index is 0.122. The maximum atomic E-state index is 3.65. The van der Waals surface area contributed by atoms with Crippen LogP contribution in [-0.4, -0.2) is 25.7 Å². The van der Waals surface area contributed by atoms with Crippen LogP contribution in [0.2, 0.25) is 0 Å². The van der Waals surface area contributed by atoms with E-state index in [0.717, 1.165) is 13.1 Å². The molecule has 0 amide bonds. The molecular formula is C16H28N2. The quantitative estimate of drug-likeness (QED) is 0.809. The van der Waals surface area contributed by atoms with Crippen LogP contribution in [0.25, 0.3) is 0 Å². The molecule has 0 radical (unpaired) electrons. The van der Waals surface area contributed by atoms with Gasteiger partial charge < -0.3 is 10.6 Å². The van der Waals surface area contributed by atoms with E-state index in [2.05, 4.69) is 69.5 Å². The van der Waals surface area contributed by atoms with Crippen LogP contribution in [0.3, 0.4) is 0 Å². The molecule has 2 nitrogen and oxygen atoms in total. The van der Waals surface area contributed by atoms with Gasteiger partial charge in [-0.1, -0.05) is 43.7 Å². The Morgan fingerprint density at radius 2 is 1.50 bits per heavy atom. The molecule has 102 valence electrons. The Hall–Kier alpha value is -0.860. The summed E-state index contributed by atoms with van der Waals surface area (Å²) in [5.41, 5.74) is 2.98. The second-order valence-electron chi connectivity index (χ2n) is 6.52. The zero-order valence-corrected chi connectivity index (χ0v) is 12.7. The highest BCUT2D eigenvalue weighted by atomic mass is 15.0. The molecule has 0 spiro atoms. The van der Waals surface area contributed by atoms with E-state index in [1.54, 1.807) is 0 Å². The van der Waals surface area contributed by atoms with E-state index >= 15 is 0 Å². The predicted molar refractivity (Wildman–Crippen MR) is 80.2 cm³/mol. The fraction of sp³-hybridized carbons (Fsp3) is 0.625. The number of aryl methyl sites for hydroxylation is 1. The van der Waals surface area contributed by atoms with Crippen molar-refractivity contribution in [3.8, 4) is 0 Å². The van der Waals surface area contributed by atoms with E-state index in [4.69, 9.17) is 0 Å². The second-order valence-corrected chi connectivity index (χ2v) is 6.52. The first kappa shape index (κ1) is 15.2. The molecule has 0 aliphatic rings. The third-order valence-corrected chi connectivity index (χ3v) is 3.46. The Morgan fingerprint density at radius 1 is 0.944 bits per heavy atom. The normalized spacial score (nSPS) is 12.8. The Kier molecular flexibility index (Phi) is 4.94. The SMILES string of the molecule is CNCC(C)(C)NCC(C)(C)c1ccc(C)cc1. The highest BCUT2D eigenvalue weighted by Gasteiger charge is 2.24. The molecule has 0 unspecified atom stereocenters. The molecule has 1 aromatic carbocycles. The summed E-state index contributed by atoms with van der Waals surface area (Å²) >= 11 is 0. The van der Waals surface area contributed by atoms with E-state index in [1.807, 2.05) is 7.05 Å². The smallest absolute Gasteiger partial charge is 0.0249 e. The van der Waals surface area contributed by atoms with Gasteiger partial charge in [-0.2, -0.15) is 0 Å². The largest absolute Gasteiger partial charge is 0.318 e. The van der Waals surface area contributed by atoms with E-state index in [-0.39, 0.29) is 11.0 Å². The summed E-state index contributed by atoms with van der Waals surface area (Å²) in [6, 6.07) is 8.86. The maximum Gasteiger partial charge on any atom is 0.0249 e. The average Bonchev–Trinajstić information content (AvgIpc) is 2.27. The summed E-state index contributed by atoms with van der Waals surface area (Å²) in [4.78, 5) is 0. The zero-order valence-electron chi connectivity index (χ0n) is 12.7. The Balaban J connectivity index is 2.67. The molecule has 0 saturated carbocycles. The summed E-state index contributed by atoms with van der Waals surface area (Å²) in [6.07, 6.45) is 0. The van der Waals surface area contributed by atoms with E-state index in [9.17, 15) is 0 Å². The summed E-state index contributed by atoms with van der Waals surface area (Å²) in [7, 11) is 1.99. The highest BCUT2D eigenvalue weighted by Crippen LogP contribution is 2.23. The molecule has 0 aliphatic heterocycles. The second kappa shape index (κ2) is 5.85. The van der Waals surface area contributed by atoms with Crippen LogP contribution in [0.4, 0.5) is 0 Å². The van der Waals surface area contributed by atoms with Gasteiger partial charge in [-0.3, -0.25) is 0 Å². The molecule has 2 N–H and O–H groups in total. The number of hydrogen-bond donors (Lipinski definition) is 2. The van der Waals surface area contributed by atoms with Crippen LogP contribution in [-0.2, 0) is 5.41 Å². The third-order valence-electron chi connectivity index (χ3n) is 3.46. The summed E-state index contributed by atoms with van der Waals surface area (Å²) in [5, 5.41) is 6.88. The molecular weight excluding hydrogens is 220 g/mol. The van der Waals surface area contributed by atoms with Crippen LogP contribution >= 0.6 is 0 Å². The monoisotopic (exact) mass is 248 g/mol. The van der Waals surface area contributed by atoms with Gasteiger partial charge in [0.1, 0.15) is 0 Å². The molecule has 0 bridgehead atoms. The van der Waals surface area contributed by atoms with Crippen molar-refractivity contribution in [3.63, 3.8) is 0 Å². The molecule has 2 heteroatoms. The van der Waals surface area contributed by atoms with Gasteiger partial charge in [-0.05, 0) is 33.4 Å². The van der Waals surface area contributed by atoms with Gasteiger partial charge in [0.15, 0.2) is 0 Å². The van der Waals surface area contributed by atoms with Crippen molar-refractivity contribution in [2.75, 3.05) is 20.1 Å². The fourth-order valence-electron chi connectivity index (χ4n) is 2.07. The van der Waals surface area contributed by atoms with Crippen molar-refractivity contribution in [2.24, 2.45) is 0 Å². The van der Waals surface area contributed by atoms with E-state index < -0.39 is 0 Å². The van der Waals surface area contributed by atoms with Crippen molar-refractivity contribution >= 4 is 0 Å². The summed E-state index contributed by atoms with van der Waals surface area (Å²) in [6.45, 7) is 13.1. The Bertz CT molecular complexity index is 363. The Morgan fingerprint density at radius 3 is 2.00 bits per heavy atom. The van der Waals surface area contributed by atoms with Gasteiger partial charge in [-0.25, -0.2) is 0 Å². The lowest BCUT2D eigenvalue weighted by atomic mass is 9.83. The third kappa shape index (κ3) is 4.43. The first-order chi connectivity index (χ1) is 8.27. The van der Waals surface area contributed by atoms with Crippen LogP contribution in [0.1, 0.15) is 38.8 Å². The van der Waals surface area contributed by atoms with Gasteiger partial charge in [0.2, 0.25) is 0 Å². The van der Waals surface area contributed by atoms with Gasteiger partial charge in [0, 0.05) is 24.0 Å². The lowest BCUT2D eigenvalue weighted by Crippen LogP contribution is -2.50. The minimum absolute atomic E-state index is 0.122. The molecule has 0 aliphatic carbocycles. The lowest BCUT2D eigenvalue weighted by molar-refractivity contribution is 0.332. The van der Waals surface area contributed by atoms with Gasteiger partial charge in [0.25, 0.3) is 0 Å². The first-order valence-electron chi connectivity index (χ1n) is 6.74. The van der Waals surface area contributed by atoms with Crippen LogP contribution in [0, 0.1) is 6.92 Å². The predicted octanol–water partition coefficient (Wildman–Crippen LogP) is 2.86. The van der Waals surface area contributed by atoms with Gasteiger partial charge >= 0.3 is 0 Å². The van der Waals surface area contributed by atoms with Crippen LogP contribution < -0.4 is 10.6 Å². The molecule has 0 aromatic heterocycles. The number of nitrogens with one attached hydrogen (secondary N) is 2. The van der Waals surface area contributed by atoms with Crippen molar-refractivity contribution in [1.29, 1.82) is 0 Å². The molecule has 1 rings (SSSR count). The van der Waals surface area contributed by atoms with Crippen molar-refractivity contribution < 1.29 is 0 Å². The number of benzene rings is 1. The topological polar surface area (TPSA) is 24.1 Å². The molecule has 0 heterocycles. The molecule has 0 saturated heterocycles. The Labute approximate surface area is 112 Å². The summed E-state index contributed by atoms with van der Waals surface area (Å²) in [5.74, 6) is 0. The molecule has 0 fully saturated rings. The molecule has 18 heavy (non-hydrogen) atoms. The number of rotatable bonds is 6. The average molecular weight is 248 g/mol. The molecule has 1 aromatic rings. The number of hydrogen-bond acceptors (Lipinski definition) is 2. The van der Waals surface area contributed by atoms with Crippen LogP contribution in [0.5, 0.6) is 0 Å². The van der Waals surface area contributed by atoms with Crippen molar-refractivity contribution in [3.05, 3.63) is 35.4 Å². The van der Waals surface area contributed by atoms with Gasteiger partial charge in [-0.15, -0.1) is 0 Å². The lowest BCUT2D eigenvalue weighted by Gasteiger charge is -2.33. The minimum Gasteiger partial charge on any atom is -0.318 e. The van der Waals surface area contributed by atoms with Crippen molar-refractivity contribution in [2.45, 2.75) is 45.6 Å². The van der Waals surface area contributed by atoms with E-state index in [0.29, 0.717) is 0 Å². The number of likely N-dealkylation sites (N-methyl/N-ethyl adjacent to an activating group) is 1. The first-order valence-corrected chi connectivity index (χ1v) is 6.74. The maximum absolute atomic E-state index is 3.65. The van der Waals surface area contributed by atoms with Gasteiger partial charge in [0.05, 0.1) is 0 Å². The highest BCUT2D eigenvalue weighted by molar-refractivity contribution is 5.27. The van der Waals surface area contributed by atoms with Crippen molar-refractivity contribution in [1.82, 2.24) is 10.6 Å². The van der Waals surface area contributed by atoms with E-state index in [1.165, 1.54) is 11.1 Å². The standard InChI is InChI=1S/C16H28N2/c1-13-7-9-14(10-8-13)15(2,3)11-18-16(4,5)12-17-6/h7-10,17-18H,11-12H2,1-6H3. The summed E-state index contributed by atoms with van der Waals surface area (Å²) < 4.78 is 0.